The number of rotatable bonds is 3. The summed E-state index contributed by atoms with van der Waals surface area (Å²) in [6.45, 7) is 3.52. The van der Waals surface area contributed by atoms with Crippen LogP contribution in [0.25, 0.3) is 0 Å². The van der Waals surface area contributed by atoms with Gasteiger partial charge in [0.1, 0.15) is 5.01 Å². The highest BCUT2D eigenvalue weighted by Crippen LogP contribution is 2.23. The van der Waals surface area contributed by atoms with Crippen molar-refractivity contribution in [2.24, 2.45) is 5.92 Å². The van der Waals surface area contributed by atoms with Crippen LogP contribution in [0.4, 0.5) is 5.13 Å². The fraction of sp³-hybridized carbons (Fsp3) is 0.667. The van der Waals surface area contributed by atoms with Crippen LogP contribution >= 0.6 is 11.3 Å². The van der Waals surface area contributed by atoms with Crippen LogP contribution in [0.3, 0.4) is 0 Å². The lowest BCUT2D eigenvalue weighted by Crippen LogP contribution is -2.24. The number of nitrogens with zero attached hydrogens (tertiary/aromatic N) is 3. The molecule has 82 valence electrons. The number of aromatic nitrogens is 2. The van der Waals surface area contributed by atoms with Gasteiger partial charge in [-0.2, -0.15) is 0 Å². The highest BCUT2D eigenvalue weighted by molar-refractivity contribution is 7.15. The third kappa shape index (κ3) is 2.26. The SMILES string of the molecule is CCC1CC(=O)N(Cc2nnc(N)s2)C1. The van der Waals surface area contributed by atoms with Gasteiger partial charge in [0, 0.05) is 13.0 Å². The Hall–Kier alpha value is -1.17. The molecule has 0 aromatic carbocycles. The first-order chi connectivity index (χ1) is 7.19. The van der Waals surface area contributed by atoms with Gasteiger partial charge in [0.05, 0.1) is 6.54 Å². The van der Waals surface area contributed by atoms with Crippen LogP contribution in [0.5, 0.6) is 0 Å². The summed E-state index contributed by atoms with van der Waals surface area (Å²) in [5, 5.41) is 8.92. The van der Waals surface area contributed by atoms with Crippen molar-refractivity contribution in [1.29, 1.82) is 0 Å². The Bertz CT molecular complexity index is 365. The van der Waals surface area contributed by atoms with E-state index < -0.39 is 0 Å². The lowest BCUT2D eigenvalue weighted by Gasteiger charge is -2.13. The number of hydrogen-bond donors (Lipinski definition) is 1. The summed E-state index contributed by atoms with van der Waals surface area (Å²) < 4.78 is 0. The lowest BCUT2D eigenvalue weighted by atomic mass is 10.1. The number of carbonyl (C=O) groups excluding carboxylic acids is 1. The zero-order valence-electron chi connectivity index (χ0n) is 8.64. The topological polar surface area (TPSA) is 72.1 Å². The summed E-state index contributed by atoms with van der Waals surface area (Å²) in [5.41, 5.74) is 5.48. The van der Waals surface area contributed by atoms with Crippen molar-refractivity contribution in [3.8, 4) is 0 Å². The van der Waals surface area contributed by atoms with Crippen LogP contribution in [0, 0.1) is 5.92 Å². The van der Waals surface area contributed by atoms with Crippen molar-refractivity contribution >= 4 is 22.4 Å². The summed E-state index contributed by atoms with van der Waals surface area (Å²) in [6.07, 6.45) is 1.73. The molecule has 5 nitrogen and oxygen atoms in total. The molecule has 0 aliphatic carbocycles. The molecule has 2 heterocycles. The van der Waals surface area contributed by atoms with Crippen molar-refractivity contribution in [3.63, 3.8) is 0 Å². The first-order valence-corrected chi connectivity index (χ1v) is 5.86. The molecule has 1 aromatic rings. The van der Waals surface area contributed by atoms with E-state index in [1.54, 1.807) is 0 Å². The lowest BCUT2D eigenvalue weighted by molar-refractivity contribution is -0.128. The van der Waals surface area contributed by atoms with Crippen molar-refractivity contribution in [1.82, 2.24) is 15.1 Å². The standard InChI is InChI=1S/C9H14N4OS/c1-2-6-3-8(14)13(4-6)5-7-11-12-9(10)15-7/h6H,2-5H2,1H3,(H2,10,12). The molecule has 1 unspecified atom stereocenters. The van der Waals surface area contributed by atoms with E-state index in [-0.39, 0.29) is 5.91 Å². The molecular weight excluding hydrogens is 212 g/mol. The van der Waals surface area contributed by atoms with Crippen LogP contribution in [-0.4, -0.2) is 27.5 Å². The first kappa shape index (κ1) is 10.4. The minimum Gasteiger partial charge on any atom is -0.374 e. The van der Waals surface area contributed by atoms with Crippen LogP contribution in [0.2, 0.25) is 0 Å². The largest absolute Gasteiger partial charge is 0.374 e. The molecular formula is C9H14N4OS. The zero-order chi connectivity index (χ0) is 10.8. The Morgan fingerprint density at radius 2 is 2.40 bits per heavy atom. The van der Waals surface area contributed by atoms with E-state index in [2.05, 4.69) is 17.1 Å². The zero-order valence-corrected chi connectivity index (χ0v) is 9.46. The van der Waals surface area contributed by atoms with Gasteiger partial charge < -0.3 is 10.6 Å². The number of hydrogen-bond acceptors (Lipinski definition) is 5. The Labute approximate surface area is 92.3 Å². The fourth-order valence-electron chi connectivity index (χ4n) is 1.77. The summed E-state index contributed by atoms with van der Waals surface area (Å²) in [5.74, 6) is 0.721. The molecule has 2 N–H and O–H groups in total. The van der Waals surface area contributed by atoms with Gasteiger partial charge >= 0.3 is 0 Å². The molecule has 0 saturated carbocycles. The van der Waals surface area contributed by atoms with E-state index in [9.17, 15) is 4.79 Å². The Balaban J connectivity index is 1.98. The predicted octanol–water partition coefficient (Wildman–Crippen LogP) is 0.879. The maximum absolute atomic E-state index is 11.6. The highest BCUT2D eigenvalue weighted by Gasteiger charge is 2.28. The number of anilines is 1. The molecule has 1 saturated heterocycles. The van der Waals surface area contributed by atoms with E-state index in [4.69, 9.17) is 5.73 Å². The predicted molar refractivity (Wildman–Crippen MR) is 58.1 cm³/mol. The minimum atomic E-state index is 0.218. The van der Waals surface area contributed by atoms with Crippen molar-refractivity contribution in [3.05, 3.63) is 5.01 Å². The quantitative estimate of drug-likeness (QED) is 0.830. The van der Waals surface area contributed by atoms with E-state index in [1.807, 2.05) is 4.90 Å². The second-order valence-electron chi connectivity index (χ2n) is 3.79. The van der Waals surface area contributed by atoms with Crippen molar-refractivity contribution < 1.29 is 4.79 Å². The second-order valence-corrected chi connectivity index (χ2v) is 4.88. The summed E-state index contributed by atoms with van der Waals surface area (Å²) >= 11 is 1.35. The summed E-state index contributed by atoms with van der Waals surface area (Å²) in [4.78, 5) is 13.4. The molecule has 1 fully saturated rings. The monoisotopic (exact) mass is 226 g/mol. The average molecular weight is 226 g/mol. The van der Waals surface area contributed by atoms with Gasteiger partial charge in [-0.25, -0.2) is 0 Å². The second kappa shape index (κ2) is 4.14. The number of nitrogens with two attached hydrogens (primary N) is 1. The molecule has 1 aliphatic heterocycles. The Morgan fingerprint density at radius 1 is 1.60 bits per heavy atom. The third-order valence-electron chi connectivity index (χ3n) is 2.68. The van der Waals surface area contributed by atoms with Gasteiger partial charge in [-0.15, -0.1) is 10.2 Å². The molecule has 15 heavy (non-hydrogen) atoms. The first-order valence-electron chi connectivity index (χ1n) is 5.04. The summed E-state index contributed by atoms with van der Waals surface area (Å²) in [6, 6.07) is 0. The van der Waals surface area contributed by atoms with Crippen LogP contribution < -0.4 is 5.73 Å². The van der Waals surface area contributed by atoms with Gasteiger partial charge in [-0.1, -0.05) is 24.7 Å². The molecule has 1 aliphatic rings. The molecule has 0 spiro atoms. The Morgan fingerprint density at radius 3 is 2.93 bits per heavy atom. The van der Waals surface area contributed by atoms with E-state index in [0.29, 0.717) is 24.0 Å². The van der Waals surface area contributed by atoms with Crippen molar-refractivity contribution in [2.45, 2.75) is 26.3 Å². The van der Waals surface area contributed by atoms with Gasteiger partial charge in [0.25, 0.3) is 0 Å². The van der Waals surface area contributed by atoms with E-state index >= 15 is 0 Å². The molecule has 2 rings (SSSR count). The van der Waals surface area contributed by atoms with Crippen LogP contribution in [0.1, 0.15) is 24.8 Å². The number of amides is 1. The van der Waals surface area contributed by atoms with E-state index in [1.165, 1.54) is 11.3 Å². The maximum atomic E-state index is 11.6. The van der Waals surface area contributed by atoms with Gasteiger partial charge in [-0.3, -0.25) is 4.79 Å². The van der Waals surface area contributed by atoms with Gasteiger partial charge in [-0.05, 0) is 5.92 Å². The molecule has 6 heteroatoms. The molecule has 0 bridgehead atoms. The Kier molecular flexibility index (Phi) is 2.86. The van der Waals surface area contributed by atoms with Crippen molar-refractivity contribution in [2.75, 3.05) is 12.3 Å². The number of likely N-dealkylation sites (tertiary alicyclic amines) is 1. The molecule has 1 aromatic heterocycles. The molecule has 1 atom stereocenters. The fourth-order valence-corrected chi connectivity index (χ4v) is 2.40. The average Bonchev–Trinajstić information content (AvgIpc) is 2.75. The molecule has 1 amide bonds. The van der Waals surface area contributed by atoms with Gasteiger partial charge in [0.2, 0.25) is 11.0 Å². The third-order valence-corrected chi connectivity index (χ3v) is 3.42. The van der Waals surface area contributed by atoms with Crippen LogP contribution in [0.15, 0.2) is 0 Å². The number of nitrogen functional groups attached to an aromatic ring is 1. The number of carbonyl (C=O) groups is 1. The minimum absolute atomic E-state index is 0.218. The van der Waals surface area contributed by atoms with Gasteiger partial charge in [0.15, 0.2) is 0 Å². The summed E-state index contributed by atoms with van der Waals surface area (Å²) in [7, 11) is 0. The van der Waals surface area contributed by atoms with Crippen LogP contribution in [-0.2, 0) is 11.3 Å². The van der Waals surface area contributed by atoms with E-state index in [0.717, 1.165) is 18.0 Å². The molecule has 0 radical (unpaired) electrons. The maximum Gasteiger partial charge on any atom is 0.223 e. The smallest absolute Gasteiger partial charge is 0.223 e. The highest BCUT2D eigenvalue weighted by atomic mass is 32.1. The normalized spacial score (nSPS) is 21.3.